The van der Waals surface area contributed by atoms with Crippen LogP contribution in [0, 0.1) is 0 Å². The minimum absolute atomic E-state index is 0.0609. The Labute approximate surface area is 158 Å². The summed E-state index contributed by atoms with van der Waals surface area (Å²) in [5.41, 5.74) is 0. The van der Waals surface area contributed by atoms with Crippen molar-refractivity contribution < 1.29 is 13.2 Å². The Morgan fingerprint density at radius 2 is 1.67 bits per heavy atom. The first-order valence-corrected chi connectivity index (χ1v) is 10.6. The lowest BCUT2D eigenvalue weighted by molar-refractivity contribution is 0.0703. The number of carbonyl (C=O) groups is 1. The summed E-state index contributed by atoms with van der Waals surface area (Å²) in [5.74, 6) is -0.0609. The zero-order chi connectivity index (χ0) is 17.3. The summed E-state index contributed by atoms with van der Waals surface area (Å²) in [5, 5.41) is 0.492. The van der Waals surface area contributed by atoms with Gasteiger partial charge in [-0.2, -0.15) is 4.31 Å². The molecule has 5 nitrogen and oxygen atoms in total. The molecule has 0 bridgehead atoms. The van der Waals surface area contributed by atoms with Gasteiger partial charge in [0, 0.05) is 31.2 Å². The van der Waals surface area contributed by atoms with Crippen molar-refractivity contribution in [2.75, 3.05) is 26.2 Å². The SMILES string of the molecule is O=C(c1ccc(Br)s1)N1CCN(S(=O)(=O)c2ccc(Cl)cc2)CC1. The van der Waals surface area contributed by atoms with Crippen LogP contribution in [0.25, 0.3) is 0 Å². The molecule has 0 aliphatic carbocycles. The van der Waals surface area contributed by atoms with E-state index >= 15 is 0 Å². The number of benzene rings is 1. The Balaban J connectivity index is 1.68. The third-order valence-corrected chi connectivity index (χ3v) is 7.54. The fraction of sp³-hybridized carbons (Fsp3) is 0.267. The lowest BCUT2D eigenvalue weighted by Gasteiger charge is -2.33. The molecule has 3 rings (SSSR count). The van der Waals surface area contributed by atoms with Crippen LogP contribution in [0.4, 0.5) is 0 Å². The van der Waals surface area contributed by atoms with Gasteiger partial charge in [-0.25, -0.2) is 8.42 Å². The molecule has 0 unspecified atom stereocenters. The van der Waals surface area contributed by atoms with Gasteiger partial charge in [-0.05, 0) is 52.3 Å². The summed E-state index contributed by atoms with van der Waals surface area (Å²) in [7, 11) is -3.56. The second-order valence-electron chi connectivity index (χ2n) is 5.25. The van der Waals surface area contributed by atoms with Gasteiger partial charge in [0.15, 0.2) is 0 Å². The Bertz CT molecular complexity index is 844. The van der Waals surface area contributed by atoms with Gasteiger partial charge in [-0.3, -0.25) is 4.79 Å². The van der Waals surface area contributed by atoms with Crippen LogP contribution >= 0.6 is 38.9 Å². The number of thiophene rings is 1. The van der Waals surface area contributed by atoms with Gasteiger partial charge >= 0.3 is 0 Å². The Hall–Kier alpha value is -0.930. The zero-order valence-corrected chi connectivity index (χ0v) is 16.5. The number of rotatable bonds is 3. The molecule has 128 valence electrons. The van der Waals surface area contributed by atoms with E-state index in [4.69, 9.17) is 11.6 Å². The summed E-state index contributed by atoms with van der Waals surface area (Å²) >= 11 is 10.5. The standard InChI is InChI=1S/C15H14BrClN2O3S2/c16-14-6-5-13(23-14)15(20)18-7-9-19(10-8-18)24(21,22)12-3-1-11(17)2-4-12/h1-6H,7-10H2. The average Bonchev–Trinajstić information content (AvgIpc) is 3.01. The Morgan fingerprint density at radius 1 is 1.04 bits per heavy atom. The zero-order valence-electron chi connectivity index (χ0n) is 12.5. The van der Waals surface area contributed by atoms with Crippen LogP contribution in [0.5, 0.6) is 0 Å². The van der Waals surface area contributed by atoms with Crippen molar-refractivity contribution in [3.63, 3.8) is 0 Å². The Morgan fingerprint density at radius 3 is 2.21 bits per heavy atom. The van der Waals surface area contributed by atoms with E-state index in [9.17, 15) is 13.2 Å². The molecule has 24 heavy (non-hydrogen) atoms. The number of halogens is 2. The van der Waals surface area contributed by atoms with E-state index in [1.54, 1.807) is 23.1 Å². The smallest absolute Gasteiger partial charge is 0.264 e. The molecule has 1 aliphatic rings. The molecule has 1 saturated heterocycles. The topological polar surface area (TPSA) is 57.7 Å². The number of sulfonamides is 1. The van der Waals surface area contributed by atoms with E-state index < -0.39 is 10.0 Å². The fourth-order valence-electron chi connectivity index (χ4n) is 2.47. The number of carbonyl (C=O) groups excluding carboxylic acids is 1. The van der Waals surface area contributed by atoms with E-state index in [0.717, 1.165) is 3.79 Å². The quantitative estimate of drug-likeness (QED) is 0.722. The van der Waals surface area contributed by atoms with Crippen molar-refractivity contribution in [1.29, 1.82) is 0 Å². The van der Waals surface area contributed by atoms with Crippen LogP contribution in [-0.2, 0) is 10.0 Å². The molecule has 1 fully saturated rings. The maximum Gasteiger partial charge on any atom is 0.264 e. The normalized spacial score (nSPS) is 16.3. The molecular weight excluding hydrogens is 436 g/mol. The fourth-order valence-corrected chi connectivity index (χ4v) is 5.37. The van der Waals surface area contributed by atoms with Crippen LogP contribution in [-0.4, -0.2) is 49.7 Å². The monoisotopic (exact) mass is 448 g/mol. The van der Waals surface area contributed by atoms with Gasteiger partial charge in [0.25, 0.3) is 5.91 Å². The van der Waals surface area contributed by atoms with Crippen molar-refractivity contribution in [2.45, 2.75) is 4.90 Å². The number of hydrogen-bond donors (Lipinski definition) is 0. The molecule has 1 aromatic heterocycles. The van der Waals surface area contributed by atoms with E-state index in [0.29, 0.717) is 23.0 Å². The largest absolute Gasteiger partial charge is 0.335 e. The number of amides is 1. The summed E-state index contributed by atoms with van der Waals surface area (Å²) in [4.78, 5) is 15.0. The predicted octanol–water partition coefficient (Wildman–Crippen LogP) is 3.31. The van der Waals surface area contributed by atoms with Crippen molar-refractivity contribution in [1.82, 2.24) is 9.21 Å². The van der Waals surface area contributed by atoms with Gasteiger partial charge < -0.3 is 4.90 Å². The second kappa shape index (κ2) is 7.13. The maximum absolute atomic E-state index is 12.6. The van der Waals surface area contributed by atoms with Crippen LogP contribution in [0.3, 0.4) is 0 Å². The highest BCUT2D eigenvalue weighted by atomic mass is 79.9. The molecule has 0 atom stereocenters. The van der Waals surface area contributed by atoms with Gasteiger partial charge in [-0.1, -0.05) is 11.6 Å². The van der Waals surface area contributed by atoms with Gasteiger partial charge in [0.05, 0.1) is 13.6 Å². The highest BCUT2D eigenvalue weighted by Gasteiger charge is 2.30. The molecule has 0 N–H and O–H groups in total. The number of hydrogen-bond acceptors (Lipinski definition) is 4. The molecule has 2 aromatic rings. The van der Waals surface area contributed by atoms with Gasteiger partial charge in [-0.15, -0.1) is 11.3 Å². The number of piperazine rings is 1. The molecular formula is C15H14BrClN2O3S2. The minimum atomic E-state index is -3.56. The van der Waals surface area contributed by atoms with E-state index in [-0.39, 0.29) is 23.9 Å². The molecule has 9 heteroatoms. The average molecular weight is 450 g/mol. The minimum Gasteiger partial charge on any atom is -0.335 e. The van der Waals surface area contributed by atoms with Gasteiger partial charge in [0.1, 0.15) is 0 Å². The number of nitrogens with zero attached hydrogens (tertiary/aromatic N) is 2. The third-order valence-electron chi connectivity index (χ3n) is 3.76. The lowest BCUT2D eigenvalue weighted by Crippen LogP contribution is -2.50. The maximum atomic E-state index is 12.6. The first kappa shape index (κ1) is 17.9. The summed E-state index contributed by atoms with van der Waals surface area (Å²) in [6, 6.07) is 9.72. The van der Waals surface area contributed by atoms with Crippen LogP contribution in [0.2, 0.25) is 5.02 Å². The van der Waals surface area contributed by atoms with Crippen molar-refractivity contribution >= 4 is 54.8 Å². The highest BCUT2D eigenvalue weighted by molar-refractivity contribution is 9.11. The van der Waals surface area contributed by atoms with Crippen LogP contribution in [0.15, 0.2) is 45.1 Å². The molecule has 0 saturated carbocycles. The molecule has 2 heterocycles. The molecule has 1 aromatic carbocycles. The van der Waals surface area contributed by atoms with E-state index in [1.165, 1.54) is 27.8 Å². The van der Waals surface area contributed by atoms with Crippen molar-refractivity contribution in [3.8, 4) is 0 Å². The lowest BCUT2D eigenvalue weighted by atomic mass is 10.3. The van der Waals surface area contributed by atoms with Crippen molar-refractivity contribution in [2.24, 2.45) is 0 Å². The molecule has 1 aliphatic heterocycles. The van der Waals surface area contributed by atoms with E-state index in [1.807, 2.05) is 6.07 Å². The second-order valence-corrected chi connectivity index (χ2v) is 10.1. The first-order valence-electron chi connectivity index (χ1n) is 7.18. The van der Waals surface area contributed by atoms with E-state index in [2.05, 4.69) is 15.9 Å². The Kier molecular flexibility index (Phi) is 5.31. The first-order chi connectivity index (χ1) is 11.4. The third kappa shape index (κ3) is 3.67. The summed E-state index contributed by atoms with van der Waals surface area (Å²) in [6.07, 6.45) is 0. The van der Waals surface area contributed by atoms with Gasteiger partial charge in [0.2, 0.25) is 10.0 Å². The predicted molar refractivity (Wildman–Crippen MR) is 98.1 cm³/mol. The molecule has 1 amide bonds. The van der Waals surface area contributed by atoms with Crippen LogP contribution < -0.4 is 0 Å². The molecule has 0 spiro atoms. The summed E-state index contributed by atoms with van der Waals surface area (Å²) in [6.45, 7) is 1.31. The highest BCUT2D eigenvalue weighted by Crippen LogP contribution is 2.25. The molecule has 0 radical (unpaired) electrons. The van der Waals surface area contributed by atoms with Crippen molar-refractivity contribution in [3.05, 3.63) is 50.1 Å². The summed E-state index contributed by atoms with van der Waals surface area (Å²) < 4.78 is 27.6. The van der Waals surface area contributed by atoms with Crippen LogP contribution in [0.1, 0.15) is 9.67 Å².